The molecule has 1 aliphatic rings. The minimum atomic E-state index is -1.01. The van der Waals surface area contributed by atoms with Gasteiger partial charge in [-0.2, -0.15) is 0 Å². The molecule has 0 aliphatic heterocycles. The highest BCUT2D eigenvalue weighted by Gasteiger charge is 2.32. The number of aliphatic hydroxyl groups is 1. The first-order chi connectivity index (χ1) is 16.3. The second kappa shape index (κ2) is 13.1. The third-order valence-electron chi connectivity index (χ3n) is 5.78. The van der Waals surface area contributed by atoms with Crippen LogP contribution in [0.4, 0.5) is 9.59 Å². The van der Waals surface area contributed by atoms with Crippen LogP contribution in [0.15, 0.2) is 30.3 Å². The lowest BCUT2D eigenvalue weighted by atomic mass is 9.83. The third-order valence-corrected chi connectivity index (χ3v) is 5.78. The summed E-state index contributed by atoms with van der Waals surface area (Å²) in [5.74, 6) is 0.408. The summed E-state index contributed by atoms with van der Waals surface area (Å²) in [6.07, 6.45) is 4.13. The number of benzene rings is 1. The number of nitrogens with zero attached hydrogens (tertiary/aromatic N) is 1. The normalized spacial score (nSPS) is 16.8. The standard InChI is InChI=1S/C27H45N3O5/c1-26(2,3)34-24(32)29-22(17-20-13-9-7-10-14-20)23(31)19-30(25(33)35-27(4,5)6)28-18-21-15-11-8-12-16-21/h8,11-12,15-16,20,22-23,28,31H,7,9-10,13-14,17-19H2,1-6H3,(H,29,32)/t22-,23-/m0/s1. The van der Waals surface area contributed by atoms with Gasteiger partial charge in [-0.1, -0.05) is 62.4 Å². The van der Waals surface area contributed by atoms with Gasteiger partial charge in [-0.3, -0.25) is 0 Å². The van der Waals surface area contributed by atoms with Crippen LogP contribution in [0.2, 0.25) is 0 Å². The van der Waals surface area contributed by atoms with Gasteiger partial charge in [0.1, 0.15) is 11.2 Å². The molecule has 1 aromatic rings. The number of hydrogen-bond acceptors (Lipinski definition) is 6. The Bertz CT molecular complexity index is 782. The number of amides is 2. The molecule has 3 N–H and O–H groups in total. The average molecular weight is 492 g/mol. The lowest BCUT2D eigenvalue weighted by Crippen LogP contribution is -2.54. The predicted molar refractivity (Wildman–Crippen MR) is 137 cm³/mol. The van der Waals surface area contributed by atoms with E-state index in [-0.39, 0.29) is 6.54 Å². The van der Waals surface area contributed by atoms with Gasteiger partial charge < -0.3 is 19.9 Å². The molecule has 2 amide bonds. The maximum absolute atomic E-state index is 13.0. The first-order valence-corrected chi connectivity index (χ1v) is 12.8. The molecule has 2 atom stereocenters. The fourth-order valence-electron chi connectivity index (χ4n) is 4.17. The van der Waals surface area contributed by atoms with Crippen LogP contribution >= 0.6 is 0 Å². The predicted octanol–water partition coefficient (Wildman–Crippen LogP) is 5.15. The monoisotopic (exact) mass is 491 g/mol. The number of alkyl carbamates (subject to hydrolysis) is 1. The van der Waals surface area contributed by atoms with Gasteiger partial charge in [-0.05, 0) is 59.4 Å². The zero-order valence-corrected chi connectivity index (χ0v) is 22.3. The molecular weight excluding hydrogens is 446 g/mol. The van der Waals surface area contributed by atoms with Crippen molar-refractivity contribution in [3.63, 3.8) is 0 Å². The lowest BCUT2D eigenvalue weighted by Gasteiger charge is -2.34. The fraction of sp³-hybridized carbons (Fsp3) is 0.704. The molecule has 1 saturated carbocycles. The van der Waals surface area contributed by atoms with Gasteiger partial charge in [0.25, 0.3) is 0 Å². The number of nitrogens with one attached hydrogen (secondary N) is 2. The molecule has 8 heteroatoms. The van der Waals surface area contributed by atoms with Crippen molar-refractivity contribution in [2.45, 2.75) is 110 Å². The van der Waals surface area contributed by atoms with Crippen LogP contribution in [0.3, 0.4) is 0 Å². The molecule has 1 aliphatic carbocycles. The van der Waals surface area contributed by atoms with Crippen molar-refractivity contribution in [2.75, 3.05) is 6.54 Å². The number of rotatable bonds is 9. The van der Waals surface area contributed by atoms with E-state index in [0.29, 0.717) is 18.9 Å². The third kappa shape index (κ3) is 11.8. The molecule has 0 unspecified atom stereocenters. The van der Waals surface area contributed by atoms with Crippen molar-refractivity contribution in [1.82, 2.24) is 15.8 Å². The Balaban J connectivity index is 2.14. The second-order valence-electron chi connectivity index (χ2n) is 11.5. The molecule has 198 valence electrons. The van der Waals surface area contributed by atoms with Crippen LogP contribution in [0.5, 0.6) is 0 Å². The summed E-state index contributed by atoms with van der Waals surface area (Å²) in [5.41, 5.74) is 2.74. The first kappa shape index (κ1) is 28.9. The van der Waals surface area contributed by atoms with Crippen molar-refractivity contribution in [1.29, 1.82) is 0 Å². The number of hydrazine groups is 1. The van der Waals surface area contributed by atoms with Gasteiger partial charge >= 0.3 is 12.2 Å². The number of carbonyl (C=O) groups is 2. The quantitative estimate of drug-likeness (QED) is 0.413. The zero-order valence-electron chi connectivity index (χ0n) is 22.3. The van der Waals surface area contributed by atoms with Gasteiger partial charge in [0.15, 0.2) is 0 Å². The maximum Gasteiger partial charge on any atom is 0.424 e. The summed E-state index contributed by atoms with van der Waals surface area (Å²) in [5, 5.41) is 15.4. The topological polar surface area (TPSA) is 100 Å². The van der Waals surface area contributed by atoms with Crippen LogP contribution in [0.1, 0.15) is 85.6 Å². The van der Waals surface area contributed by atoms with Crippen molar-refractivity contribution in [3.05, 3.63) is 35.9 Å². The number of aliphatic hydroxyl groups excluding tert-OH is 1. The van der Waals surface area contributed by atoms with Gasteiger partial charge in [0.2, 0.25) is 0 Å². The van der Waals surface area contributed by atoms with E-state index in [1.165, 1.54) is 11.4 Å². The summed E-state index contributed by atoms with van der Waals surface area (Å²) < 4.78 is 11.0. The number of hydrogen-bond donors (Lipinski definition) is 3. The van der Waals surface area contributed by atoms with Gasteiger partial charge in [0.05, 0.1) is 18.7 Å². The molecule has 8 nitrogen and oxygen atoms in total. The molecule has 1 aromatic carbocycles. The first-order valence-electron chi connectivity index (χ1n) is 12.8. The molecule has 0 spiro atoms. The van der Waals surface area contributed by atoms with Crippen molar-refractivity contribution < 1.29 is 24.2 Å². The SMILES string of the molecule is CC(C)(C)OC(=O)N[C@@H](CC1CCCCC1)[C@@H](O)CN(NCc1ccccc1)C(=O)OC(C)(C)C. The highest BCUT2D eigenvalue weighted by molar-refractivity contribution is 5.68. The number of ether oxygens (including phenoxy) is 2. The Morgan fingerprint density at radius 2 is 1.60 bits per heavy atom. The summed E-state index contributed by atoms with van der Waals surface area (Å²) in [6, 6.07) is 9.12. The van der Waals surface area contributed by atoms with Gasteiger partial charge in [0, 0.05) is 6.54 Å². The van der Waals surface area contributed by atoms with Gasteiger partial charge in [-0.25, -0.2) is 20.0 Å². The lowest BCUT2D eigenvalue weighted by molar-refractivity contribution is -0.00760. The second-order valence-corrected chi connectivity index (χ2v) is 11.5. The van der Waals surface area contributed by atoms with Crippen LogP contribution in [0, 0.1) is 5.92 Å². The Hall–Kier alpha value is -2.32. The smallest absolute Gasteiger partial charge is 0.424 e. The van der Waals surface area contributed by atoms with E-state index < -0.39 is 35.5 Å². The Morgan fingerprint density at radius 1 is 1.00 bits per heavy atom. The Kier molecular flexibility index (Phi) is 10.8. The van der Waals surface area contributed by atoms with Crippen LogP contribution in [-0.4, -0.2) is 52.2 Å². The van der Waals surface area contributed by atoms with E-state index >= 15 is 0 Å². The minimum absolute atomic E-state index is 0.0467. The fourth-order valence-corrected chi connectivity index (χ4v) is 4.17. The zero-order chi connectivity index (χ0) is 26.1. The van der Waals surface area contributed by atoms with Crippen LogP contribution < -0.4 is 10.7 Å². The van der Waals surface area contributed by atoms with Crippen LogP contribution in [-0.2, 0) is 16.0 Å². The molecule has 0 saturated heterocycles. The van der Waals surface area contributed by atoms with Crippen LogP contribution in [0.25, 0.3) is 0 Å². The van der Waals surface area contributed by atoms with Crippen molar-refractivity contribution in [2.24, 2.45) is 5.92 Å². The molecule has 2 rings (SSSR count). The largest absolute Gasteiger partial charge is 0.444 e. The molecule has 0 bridgehead atoms. The Labute approximate surface area is 210 Å². The van der Waals surface area contributed by atoms with Crippen molar-refractivity contribution in [3.8, 4) is 0 Å². The molecule has 0 radical (unpaired) electrons. The summed E-state index contributed by atoms with van der Waals surface area (Å²) in [4.78, 5) is 25.5. The van der Waals surface area contributed by atoms with E-state index in [9.17, 15) is 14.7 Å². The van der Waals surface area contributed by atoms with Crippen molar-refractivity contribution >= 4 is 12.2 Å². The molecular formula is C27H45N3O5. The molecule has 0 aromatic heterocycles. The number of carbonyl (C=O) groups excluding carboxylic acids is 2. The van der Waals surface area contributed by atoms with E-state index in [2.05, 4.69) is 10.7 Å². The Morgan fingerprint density at radius 3 is 2.17 bits per heavy atom. The van der Waals surface area contributed by atoms with E-state index in [0.717, 1.165) is 31.2 Å². The van der Waals surface area contributed by atoms with E-state index in [4.69, 9.17) is 9.47 Å². The highest BCUT2D eigenvalue weighted by atomic mass is 16.6. The van der Waals surface area contributed by atoms with E-state index in [1.54, 1.807) is 41.5 Å². The molecule has 0 heterocycles. The highest BCUT2D eigenvalue weighted by Crippen LogP contribution is 2.28. The average Bonchev–Trinajstić information content (AvgIpc) is 2.75. The van der Waals surface area contributed by atoms with E-state index in [1.807, 2.05) is 30.3 Å². The summed E-state index contributed by atoms with van der Waals surface area (Å²) >= 11 is 0. The minimum Gasteiger partial charge on any atom is -0.444 e. The summed E-state index contributed by atoms with van der Waals surface area (Å²) in [7, 11) is 0. The van der Waals surface area contributed by atoms with Gasteiger partial charge in [-0.15, -0.1) is 0 Å². The summed E-state index contributed by atoms with van der Waals surface area (Å²) in [6.45, 7) is 11.1. The molecule has 1 fully saturated rings. The maximum atomic E-state index is 13.0. The molecule has 35 heavy (non-hydrogen) atoms.